The topological polar surface area (TPSA) is 87.7 Å². The summed E-state index contributed by atoms with van der Waals surface area (Å²) in [6, 6.07) is 13.8. The molecule has 0 spiro atoms. The average Bonchev–Trinajstić information content (AvgIpc) is 2.99. The van der Waals surface area contributed by atoms with Gasteiger partial charge in [0.25, 0.3) is 5.91 Å². The first-order chi connectivity index (χ1) is 13.9. The number of carbonyl (C=O) groups is 3. The number of nitrogens with zero attached hydrogens (tertiary/aromatic N) is 1. The standard InChI is InChI=1S/C22H25N3O4/c1-4-15-6-10-17(11-7-15)23-19(26)14-25-20(27)22(5-2,24-21(25)28)16-8-12-18(29-3)13-9-16/h6-13H,4-5,14H2,1-3H3,(H,23,26)(H,24,28)/t22-/m1/s1. The maximum absolute atomic E-state index is 13.1. The van der Waals surface area contributed by atoms with Gasteiger partial charge in [0.15, 0.2) is 0 Å². The Kier molecular flexibility index (Phi) is 5.87. The fourth-order valence-corrected chi connectivity index (χ4v) is 3.45. The van der Waals surface area contributed by atoms with Gasteiger partial charge >= 0.3 is 6.03 Å². The minimum Gasteiger partial charge on any atom is -0.497 e. The Balaban J connectivity index is 1.75. The van der Waals surface area contributed by atoms with Crippen LogP contribution in [0.5, 0.6) is 5.75 Å². The summed E-state index contributed by atoms with van der Waals surface area (Å²) in [4.78, 5) is 39.0. The molecule has 1 atom stereocenters. The van der Waals surface area contributed by atoms with E-state index in [1.807, 2.05) is 26.0 Å². The minimum absolute atomic E-state index is 0.349. The van der Waals surface area contributed by atoms with Crippen molar-refractivity contribution in [2.45, 2.75) is 32.2 Å². The molecule has 2 aromatic rings. The van der Waals surface area contributed by atoms with E-state index < -0.39 is 23.4 Å². The van der Waals surface area contributed by atoms with Crippen molar-refractivity contribution < 1.29 is 19.1 Å². The highest BCUT2D eigenvalue weighted by Crippen LogP contribution is 2.33. The molecule has 0 saturated carbocycles. The van der Waals surface area contributed by atoms with Crippen LogP contribution in [0.3, 0.4) is 0 Å². The summed E-state index contributed by atoms with van der Waals surface area (Å²) in [5.74, 6) is -0.215. The van der Waals surface area contributed by atoms with Gasteiger partial charge in [-0.05, 0) is 48.2 Å². The van der Waals surface area contributed by atoms with Crippen LogP contribution in [0, 0.1) is 0 Å². The van der Waals surface area contributed by atoms with Crippen LogP contribution in [0.25, 0.3) is 0 Å². The predicted octanol–water partition coefficient (Wildman–Crippen LogP) is 3.05. The van der Waals surface area contributed by atoms with E-state index in [0.717, 1.165) is 16.9 Å². The first-order valence-corrected chi connectivity index (χ1v) is 9.61. The lowest BCUT2D eigenvalue weighted by molar-refractivity contribution is -0.134. The molecular formula is C22H25N3O4. The van der Waals surface area contributed by atoms with E-state index in [1.54, 1.807) is 43.5 Å². The lowest BCUT2D eigenvalue weighted by atomic mass is 9.87. The summed E-state index contributed by atoms with van der Waals surface area (Å²) >= 11 is 0. The second-order valence-corrected chi connectivity index (χ2v) is 6.91. The van der Waals surface area contributed by atoms with Crippen LogP contribution in [0.4, 0.5) is 10.5 Å². The van der Waals surface area contributed by atoms with Crippen molar-refractivity contribution in [2.24, 2.45) is 0 Å². The first kappa shape index (κ1) is 20.4. The number of aryl methyl sites for hydroxylation is 1. The number of methoxy groups -OCH3 is 1. The molecule has 0 unspecified atom stereocenters. The van der Waals surface area contributed by atoms with Crippen LogP contribution in [-0.4, -0.2) is 36.4 Å². The summed E-state index contributed by atoms with van der Waals surface area (Å²) < 4.78 is 5.16. The zero-order chi connectivity index (χ0) is 21.0. The molecule has 2 N–H and O–H groups in total. The van der Waals surface area contributed by atoms with Crippen LogP contribution in [0.1, 0.15) is 31.4 Å². The Labute approximate surface area is 170 Å². The fourth-order valence-electron chi connectivity index (χ4n) is 3.45. The quantitative estimate of drug-likeness (QED) is 0.706. The minimum atomic E-state index is -1.19. The van der Waals surface area contributed by atoms with Crippen LogP contribution in [0.15, 0.2) is 48.5 Å². The van der Waals surface area contributed by atoms with Crippen molar-refractivity contribution in [1.29, 1.82) is 0 Å². The first-order valence-electron chi connectivity index (χ1n) is 9.61. The molecule has 7 nitrogen and oxygen atoms in total. The van der Waals surface area contributed by atoms with E-state index in [2.05, 4.69) is 10.6 Å². The molecule has 1 heterocycles. The highest BCUT2D eigenvalue weighted by molar-refractivity contribution is 6.10. The highest BCUT2D eigenvalue weighted by atomic mass is 16.5. The molecule has 1 fully saturated rings. The van der Waals surface area contributed by atoms with Gasteiger partial charge in [-0.15, -0.1) is 0 Å². The maximum Gasteiger partial charge on any atom is 0.325 e. The normalized spacial score (nSPS) is 18.5. The molecule has 2 aromatic carbocycles. The van der Waals surface area contributed by atoms with Gasteiger partial charge in [0.05, 0.1) is 7.11 Å². The van der Waals surface area contributed by atoms with E-state index in [-0.39, 0.29) is 6.54 Å². The van der Waals surface area contributed by atoms with Gasteiger partial charge in [0.2, 0.25) is 5.91 Å². The number of urea groups is 1. The number of carbonyl (C=O) groups excluding carboxylic acids is 3. The van der Waals surface area contributed by atoms with E-state index in [4.69, 9.17) is 4.74 Å². The van der Waals surface area contributed by atoms with Gasteiger partial charge in [-0.2, -0.15) is 0 Å². The van der Waals surface area contributed by atoms with Crippen molar-refractivity contribution in [3.63, 3.8) is 0 Å². The Morgan fingerprint density at radius 3 is 2.28 bits per heavy atom. The number of nitrogens with one attached hydrogen (secondary N) is 2. The third kappa shape index (κ3) is 3.94. The van der Waals surface area contributed by atoms with Gasteiger partial charge in [0.1, 0.15) is 17.8 Å². The van der Waals surface area contributed by atoms with E-state index in [0.29, 0.717) is 23.4 Å². The van der Waals surface area contributed by atoms with Crippen molar-refractivity contribution >= 4 is 23.5 Å². The monoisotopic (exact) mass is 395 g/mol. The highest BCUT2D eigenvalue weighted by Gasteiger charge is 2.51. The average molecular weight is 395 g/mol. The van der Waals surface area contributed by atoms with Gasteiger partial charge in [-0.3, -0.25) is 14.5 Å². The fraction of sp³-hybridized carbons (Fsp3) is 0.318. The molecule has 0 radical (unpaired) electrons. The lowest BCUT2D eigenvalue weighted by Crippen LogP contribution is -2.44. The Morgan fingerprint density at radius 1 is 1.07 bits per heavy atom. The third-order valence-electron chi connectivity index (χ3n) is 5.24. The molecule has 0 aromatic heterocycles. The zero-order valence-electron chi connectivity index (χ0n) is 16.8. The number of hydrogen-bond donors (Lipinski definition) is 2. The van der Waals surface area contributed by atoms with Crippen molar-refractivity contribution in [3.05, 3.63) is 59.7 Å². The summed E-state index contributed by atoms with van der Waals surface area (Å²) in [5.41, 5.74) is 1.24. The SMILES string of the molecule is CCc1ccc(NC(=O)CN2C(=O)N[C@](CC)(c3ccc(OC)cc3)C2=O)cc1. The molecule has 0 bridgehead atoms. The number of hydrogen-bond acceptors (Lipinski definition) is 4. The van der Waals surface area contributed by atoms with Gasteiger partial charge < -0.3 is 15.4 Å². The van der Waals surface area contributed by atoms with Gasteiger partial charge in [-0.25, -0.2) is 4.79 Å². The number of rotatable bonds is 7. The Bertz CT molecular complexity index is 909. The summed E-state index contributed by atoms with van der Waals surface area (Å²) in [6.45, 7) is 3.52. The van der Waals surface area contributed by atoms with Crippen molar-refractivity contribution in [3.8, 4) is 5.75 Å². The van der Waals surface area contributed by atoms with E-state index in [1.165, 1.54) is 0 Å². The van der Waals surface area contributed by atoms with Gasteiger partial charge in [-0.1, -0.05) is 38.1 Å². The van der Waals surface area contributed by atoms with Gasteiger partial charge in [0, 0.05) is 5.69 Å². The predicted molar refractivity (Wildman–Crippen MR) is 110 cm³/mol. The lowest BCUT2D eigenvalue weighted by Gasteiger charge is -2.26. The summed E-state index contributed by atoms with van der Waals surface area (Å²) in [5, 5.41) is 5.50. The molecule has 1 saturated heterocycles. The molecule has 1 aliphatic rings. The van der Waals surface area contributed by atoms with Crippen LogP contribution >= 0.6 is 0 Å². The van der Waals surface area contributed by atoms with E-state index >= 15 is 0 Å². The molecular weight excluding hydrogens is 370 g/mol. The zero-order valence-corrected chi connectivity index (χ0v) is 16.8. The maximum atomic E-state index is 13.1. The number of imide groups is 1. The largest absolute Gasteiger partial charge is 0.497 e. The third-order valence-corrected chi connectivity index (χ3v) is 5.24. The van der Waals surface area contributed by atoms with E-state index in [9.17, 15) is 14.4 Å². The van der Waals surface area contributed by atoms with Crippen LogP contribution < -0.4 is 15.4 Å². The molecule has 1 aliphatic heterocycles. The second-order valence-electron chi connectivity index (χ2n) is 6.91. The van der Waals surface area contributed by atoms with Crippen LogP contribution in [-0.2, 0) is 21.5 Å². The molecule has 152 valence electrons. The van der Waals surface area contributed by atoms with Crippen LogP contribution in [0.2, 0.25) is 0 Å². The smallest absolute Gasteiger partial charge is 0.325 e. The van der Waals surface area contributed by atoms with Crippen molar-refractivity contribution in [2.75, 3.05) is 19.0 Å². The molecule has 3 rings (SSSR count). The number of benzene rings is 2. The summed E-state index contributed by atoms with van der Waals surface area (Å²) in [6.07, 6.45) is 1.27. The molecule has 0 aliphatic carbocycles. The molecule has 29 heavy (non-hydrogen) atoms. The van der Waals surface area contributed by atoms with Crippen molar-refractivity contribution in [1.82, 2.24) is 10.2 Å². The Morgan fingerprint density at radius 2 is 1.72 bits per heavy atom. The number of amides is 4. The summed E-state index contributed by atoms with van der Waals surface area (Å²) in [7, 11) is 1.56. The Hall–Kier alpha value is -3.35. The molecule has 4 amide bonds. The second kappa shape index (κ2) is 8.34. The number of anilines is 1. The molecule has 7 heteroatoms. The number of ether oxygens (including phenoxy) is 1.